The van der Waals surface area contributed by atoms with Gasteiger partial charge in [-0.25, -0.2) is 4.98 Å². The quantitative estimate of drug-likeness (QED) is 0.834. The van der Waals surface area contributed by atoms with Crippen LogP contribution in [0.1, 0.15) is 19.4 Å². The van der Waals surface area contributed by atoms with Crippen molar-refractivity contribution in [3.8, 4) is 0 Å². The van der Waals surface area contributed by atoms with Gasteiger partial charge < -0.3 is 14.5 Å². The van der Waals surface area contributed by atoms with E-state index in [-0.39, 0.29) is 5.97 Å². The van der Waals surface area contributed by atoms with E-state index in [1.807, 2.05) is 18.2 Å². The lowest BCUT2D eigenvalue weighted by Crippen LogP contribution is -2.48. The summed E-state index contributed by atoms with van der Waals surface area (Å²) in [6.45, 7) is 4.29. The Morgan fingerprint density at radius 2 is 2.26 bits per heavy atom. The number of aromatic nitrogens is 1. The monoisotopic (exact) mass is 262 g/mol. The second-order valence-corrected chi connectivity index (χ2v) is 4.95. The van der Waals surface area contributed by atoms with Crippen LogP contribution in [0.2, 0.25) is 0 Å². The summed E-state index contributed by atoms with van der Waals surface area (Å²) in [5, 5.41) is 3.18. The molecule has 0 unspecified atom stereocenters. The molecule has 0 amide bonds. The summed E-state index contributed by atoms with van der Waals surface area (Å²) in [5.41, 5.74) is 2.10. The molecule has 0 aliphatic rings. The zero-order valence-electron chi connectivity index (χ0n) is 11.4. The lowest BCUT2D eigenvalue weighted by molar-refractivity contribution is -0.147. The zero-order valence-corrected chi connectivity index (χ0v) is 11.4. The summed E-state index contributed by atoms with van der Waals surface area (Å²) in [6.07, 6.45) is 2.24. The maximum atomic E-state index is 11.5. The van der Waals surface area contributed by atoms with Gasteiger partial charge in [0, 0.05) is 6.54 Å². The summed E-state index contributed by atoms with van der Waals surface area (Å²) >= 11 is 0. The molecule has 0 atom stereocenters. The van der Waals surface area contributed by atoms with Crippen LogP contribution in [0.25, 0.3) is 11.1 Å². The van der Waals surface area contributed by atoms with Crippen LogP contribution in [-0.2, 0) is 16.0 Å². The molecule has 2 aromatic rings. The van der Waals surface area contributed by atoms with Crippen LogP contribution in [0.15, 0.2) is 29.0 Å². The first-order valence-corrected chi connectivity index (χ1v) is 6.18. The lowest BCUT2D eigenvalue weighted by Gasteiger charge is -2.23. The Hall–Kier alpha value is -1.88. The van der Waals surface area contributed by atoms with Gasteiger partial charge in [-0.1, -0.05) is 6.07 Å². The van der Waals surface area contributed by atoms with Gasteiger partial charge in [0.05, 0.1) is 7.11 Å². The van der Waals surface area contributed by atoms with Crippen molar-refractivity contribution in [3.05, 3.63) is 30.2 Å². The number of oxazole rings is 1. The van der Waals surface area contributed by atoms with Crippen LogP contribution in [-0.4, -0.2) is 30.1 Å². The summed E-state index contributed by atoms with van der Waals surface area (Å²) in [7, 11) is 1.39. The number of hydrogen-bond donors (Lipinski definition) is 1. The van der Waals surface area contributed by atoms with Crippen LogP contribution in [0.5, 0.6) is 0 Å². The molecule has 1 N–H and O–H groups in total. The fourth-order valence-electron chi connectivity index (χ4n) is 1.90. The van der Waals surface area contributed by atoms with Gasteiger partial charge >= 0.3 is 5.97 Å². The molecule has 0 bridgehead atoms. The van der Waals surface area contributed by atoms with E-state index in [2.05, 4.69) is 10.3 Å². The number of nitrogens with one attached hydrogen (secondary N) is 1. The molecule has 19 heavy (non-hydrogen) atoms. The van der Waals surface area contributed by atoms with Gasteiger partial charge in [-0.05, 0) is 38.0 Å². The van der Waals surface area contributed by atoms with Crippen LogP contribution >= 0.6 is 0 Å². The molecular weight excluding hydrogens is 244 g/mol. The molecule has 0 radical (unpaired) electrons. The predicted octanol–water partition coefficient (Wildman–Crippen LogP) is 1.91. The third kappa shape index (κ3) is 3.12. The van der Waals surface area contributed by atoms with Gasteiger partial charge in [-0.15, -0.1) is 0 Å². The minimum Gasteiger partial charge on any atom is -0.468 e. The number of carbonyl (C=O) groups is 1. The highest BCUT2D eigenvalue weighted by molar-refractivity contribution is 5.79. The fraction of sp³-hybridized carbons (Fsp3) is 0.429. The van der Waals surface area contributed by atoms with Crippen LogP contribution in [0, 0.1) is 0 Å². The second-order valence-electron chi connectivity index (χ2n) is 4.95. The Labute approximate surface area is 112 Å². The highest BCUT2D eigenvalue weighted by Crippen LogP contribution is 2.14. The normalized spacial score (nSPS) is 11.7. The van der Waals surface area contributed by atoms with Crippen molar-refractivity contribution >= 4 is 17.1 Å². The number of carbonyl (C=O) groups excluding carboxylic acids is 1. The van der Waals surface area contributed by atoms with E-state index < -0.39 is 5.54 Å². The number of benzene rings is 1. The molecule has 1 aromatic carbocycles. The standard InChI is InChI=1S/C14H18N2O3/c1-14(2,13(17)18-3)16-7-6-10-4-5-11-12(8-10)19-9-15-11/h4-5,8-9,16H,6-7H2,1-3H3. The number of nitrogens with zero attached hydrogens (tertiary/aromatic N) is 1. The van der Waals surface area contributed by atoms with Crippen molar-refractivity contribution in [2.75, 3.05) is 13.7 Å². The number of methoxy groups -OCH3 is 1. The van der Waals surface area contributed by atoms with E-state index in [4.69, 9.17) is 9.15 Å². The molecular formula is C14H18N2O3. The van der Waals surface area contributed by atoms with E-state index in [1.165, 1.54) is 13.5 Å². The molecule has 0 saturated heterocycles. The van der Waals surface area contributed by atoms with Crippen molar-refractivity contribution in [2.45, 2.75) is 25.8 Å². The molecule has 2 rings (SSSR count). The molecule has 0 aliphatic carbocycles. The van der Waals surface area contributed by atoms with E-state index in [0.29, 0.717) is 6.54 Å². The largest absolute Gasteiger partial charge is 0.468 e. The number of esters is 1. The zero-order chi connectivity index (χ0) is 13.9. The number of ether oxygens (including phenoxy) is 1. The van der Waals surface area contributed by atoms with Crippen molar-refractivity contribution in [1.82, 2.24) is 10.3 Å². The molecule has 5 heteroatoms. The Morgan fingerprint density at radius 3 is 3.00 bits per heavy atom. The van der Waals surface area contributed by atoms with E-state index >= 15 is 0 Å². The van der Waals surface area contributed by atoms with Gasteiger partial charge in [0.1, 0.15) is 11.1 Å². The first-order chi connectivity index (χ1) is 9.03. The maximum Gasteiger partial charge on any atom is 0.325 e. The minimum atomic E-state index is -0.676. The first-order valence-electron chi connectivity index (χ1n) is 6.18. The fourth-order valence-corrected chi connectivity index (χ4v) is 1.90. The maximum absolute atomic E-state index is 11.5. The number of rotatable bonds is 5. The molecule has 102 valence electrons. The molecule has 0 aliphatic heterocycles. The highest BCUT2D eigenvalue weighted by atomic mass is 16.5. The van der Waals surface area contributed by atoms with Crippen molar-refractivity contribution < 1.29 is 13.9 Å². The Bertz CT molecular complexity index is 575. The summed E-state index contributed by atoms with van der Waals surface area (Å²) in [4.78, 5) is 15.6. The molecule has 5 nitrogen and oxygen atoms in total. The van der Waals surface area contributed by atoms with Gasteiger partial charge in [0.25, 0.3) is 0 Å². The Morgan fingerprint density at radius 1 is 1.47 bits per heavy atom. The third-order valence-electron chi connectivity index (χ3n) is 3.07. The average Bonchev–Trinajstić information content (AvgIpc) is 2.84. The SMILES string of the molecule is COC(=O)C(C)(C)NCCc1ccc2ncoc2c1. The van der Waals surface area contributed by atoms with Crippen LogP contribution < -0.4 is 5.32 Å². The number of hydrogen-bond acceptors (Lipinski definition) is 5. The Balaban J connectivity index is 1.93. The predicted molar refractivity (Wildman–Crippen MR) is 71.8 cm³/mol. The van der Waals surface area contributed by atoms with E-state index in [9.17, 15) is 4.79 Å². The van der Waals surface area contributed by atoms with E-state index in [1.54, 1.807) is 13.8 Å². The van der Waals surface area contributed by atoms with Crippen LogP contribution in [0.3, 0.4) is 0 Å². The summed E-state index contributed by atoms with van der Waals surface area (Å²) in [5.74, 6) is -0.266. The summed E-state index contributed by atoms with van der Waals surface area (Å²) in [6, 6.07) is 5.91. The number of fused-ring (bicyclic) bond motifs is 1. The molecule has 0 saturated carbocycles. The minimum absolute atomic E-state index is 0.266. The van der Waals surface area contributed by atoms with Gasteiger partial charge in [-0.2, -0.15) is 0 Å². The van der Waals surface area contributed by atoms with Crippen molar-refractivity contribution in [2.24, 2.45) is 0 Å². The van der Waals surface area contributed by atoms with Gasteiger partial charge in [0.15, 0.2) is 12.0 Å². The van der Waals surface area contributed by atoms with Gasteiger partial charge in [-0.3, -0.25) is 4.79 Å². The lowest BCUT2D eigenvalue weighted by atomic mass is 10.1. The second kappa shape index (κ2) is 5.40. The molecule has 1 heterocycles. The van der Waals surface area contributed by atoms with Gasteiger partial charge in [0.2, 0.25) is 0 Å². The topological polar surface area (TPSA) is 64.4 Å². The van der Waals surface area contributed by atoms with Crippen LogP contribution in [0.4, 0.5) is 0 Å². The van der Waals surface area contributed by atoms with Crippen molar-refractivity contribution in [1.29, 1.82) is 0 Å². The average molecular weight is 262 g/mol. The molecule has 0 spiro atoms. The molecule has 1 aromatic heterocycles. The highest BCUT2D eigenvalue weighted by Gasteiger charge is 2.27. The summed E-state index contributed by atoms with van der Waals surface area (Å²) < 4.78 is 10.00. The smallest absolute Gasteiger partial charge is 0.325 e. The third-order valence-corrected chi connectivity index (χ3v) is 3.07. The Kier molecular flexibility index (Phi) is 3.85. The van der Waals surface area contributed by atoms with E-state index in [0.717, 1.165) is 23.1 Å². The first kappa shape index (κ1) is 13.5. The van der Waals surface area contributed by atoms with Crippen molar-refractivity contribution in [3.63, 3.8) is 0 Å². The molecule has 0 fully saturated rings.